The summed E-state index contributed by atoms with van der Waals surface area (Å²) in [4.78, 5) is 22.7. The maximum Gasteiger partial charge on any atom is 0.321 e. The lowest BCUT2D eigenvalue weighted by Gasteiger charge is -2.03. The number of nitrogens with one attached hydrogen (secondary N) is 2. The summed E-state index contributed by atoms with van der Waals surface area (Å²) >= 11 is 8.31. The second kappa shape index (κ2) is 14.6. The van der Waals surface area contributed by atoms with Gasteiger partial charge in [0.25, 0.3) is 0 Å². The standard InChI is InChI=1S/C17H16N6O2S2.C13H8IN5S2/c1-25-9-7-18-15(24)20-16-19-12-6-5-11(10-13(12)27-16)26-17-22-21-14-4-2-3-8-23(14)17;14-7-1-4-11-17-18-13(19(11)6-7)20-8-2-3-9-10(5-8)21-12(15)16-9/h2-6,8,10H,7,9H2,1H3,(H2,18,19,20,24);1-6H,(H2,15,16). The van der Waals surface area contributed by atoms with E-state index in [1.807, 2.05) is 81.9 Å². The van der Waals surface area contributed by atoms with Crippen molar-refractivity contribution in [2.45, 2.75) is 20.1 Å². The summed E-state index contributed by atoms with van der Waals surface area (Å²) in [6, 6.07) is 21.5. The van der Waals surface area contributed by atoms with Crippen molar-refractivity contribution >= 4 is 117 Å². The highest BCUT2D eigenvalue weighted by Crippen LogP contribution is 2.34. The van der Waals surface area contributed by atoms with E-state index in [1.165, 1.54) is 34.4 Å². The Balaban J connectivity index is 0.000000156. The first-order chi connectivity index (χ1) is 23.4. The maximum absolute atomic E-state index is 11.8. The Morgan fingerprint density at radius 3 is 2.31 bits per heavy atom. The molecule has 0 aliphatic heterocycles. The predicted molar refractivity (Wildman–Crippen MR) is 199 cm³/mol. The van der Waals surface area contributed by atoms with Crippen molar-refractivity contribution in [3.8, 4) is 0 Å². The lowest BCUT2D eigenvalue weighted by Crippen LogP contribution is -2.31. The topological polar surface area (TPSA) is 163 Å². The quantitative estimate of drug-likeness (QED) is 0.108. The molecule has 6 aromatic heterocycles. The molecule has 13 nitrogen and oxygen atoms in total. The molecule has 0 unspecified atom stereocenters. The zero-order chi connectivity index (χ0) is 33.0. The molecule has 0 saturated carbocycles. The summed E-state index contributed by atoms with van der Waals surface area (Å²) in [6.45, 7) is 0.908. The highest BCUT2D eigenvalue weighted by Gasteiger charge is 2.12. The van der Waals surface area contributed by atoms with Crippen LogP contribution in [0, 0.1) is 3.57 Å². The monoisotopic (exact) mass is 825 g/mol. The van der Waals surface area contributed by atoms with Crippen LogP contribution in [-0.4, -0.2) is 65.5 Å². The molecule has 0 bridgehead atoms. The first kappa shape index (κ1) is 32.5. The van der Waals surface area contributed by atoms with Crippen LogP contribution >= 0.6 is 68.8 Å². The molecule has 2 aromatic carbocycles. The molecule has 8 rings (SSSR count). The van der Waals surface area contributed by atoms with Gasteiger partial charge in [0.2, 0.25) is 0 Å². The molecule has 0 saturated heterocycles. The summed E-state index contributed by atoms with van der Waals surface area (Å²) in [5.74, 6) is 0. The first-order valence-corrected chi connectivity index (χ1v) is 18.5. The van der Waals surface area contributed by atoms with E-state index < -0.39 is 0 Å². The maximum atomic E-state index is 11.8. The summed E-state index contributed by atoms with van der Waals surface area (Å²) in [7, 11) is 1.59. The molecule has 0 aliphatic rings. The van der Waals surface area contributed by atoms with Gasteiger partial charge in [-0.3, -0.25) is 14.1 Å². The zero-order valence-electron chi connectivity index (χ0n) is 24.9. The van der Waals surface area contributed by atoms with Crippen molar-refractivity contribution in [3.05, 3.63) is 82.7 Å². The number of ether oxygens (including phenoxy) is 1. The number of halogens is 1. The zero-order valence-corrected chi connectivity index (χ0v) is 30.3. The lowest BCUT2D eigenvalue weighted by molar-refractivity contribution is 0.198. The number of fused-ring (bicyclic) bond motifs is 4. The molecule has 6 heterocycles. The van der Waals surface area contributed by atoms with Crippen molar-refractivity contribution < 1.29 is 9.53 Å². The van der Waals surface area contributed by atoms with E-state index in [-0.39, 0.29) is 6.03 Å². The Labute approximate surface area is 302 Å². The third-order valence-corrected chi connectivity index (χ3v) is 10.9. The van der Waals surface area contributed by atoms with E-state index >= 15 is 0 Å². The van der Waals surface area contributed by atoms with Gasteiger partial charge < -0.3 is 15.8 Å². The highest BCUT2D eigenvalue weighted by atomic mass is 127. The smallest absolute Gasteiger partial charge is 0.321 e. The van der Waals surface area contributed by atoms with Crippen molar-refractivity contribution in [3.63, 3.8) is 0 Å². The Hall–Kier alpha value is -4.08. The number of nitrogen functional groups attached to an aromatic ring is 1. The number of pyridine rings is 2. The van der Waals surface area contributed by atoms with Crippen LogP contribution in [0.1, 0.15) is 0 Å². The Morgan fingerprint density at radius 1 is 0.875 bits per heavy atom. The molecule has 0 aliphatic carbocycles. The molecule has 18 heteroatoms. The molecule has 0 spiro atoms. The minimum Gasteiger partial charge on any atom is -0.383 e. The molecule has 4 N–H and O–H groups in total. The van der Waals surface area contributed by atoms with Gasteiger partial charge in [0.05, 0.1) is 27.0 Å². The number of hydrogen-bond acceptors (Lipinski definition) is 13. The largest absolute Gasteiger partial charge is 0.383 e. The fourth-order valence-corrected chi connectivity index (χ4v) is 8.42. The highest BCUT2D eigenvalue weighted by molar-refractivity contribution is 14.1. The van der Waals surface area contributed by atoms with Crippen LogP contribution in [0.4, 0.5) is 15.1 Å². The second-order valence-electron chi connectivity index (χ2n) is 9.88. The number of hydrogen-bond donors (Lipinski definition) is 3. The molecule has 0 atom stereocenters. The number of amides is 2. The third-order valence-electron chi connectivity index (χ3n) is 6.58. The number of benzene rings is 2. The van der Waals surface area contributed by atoms with Gasteiger partial charge >= 0.3 is 6.03 Å². The van der Waals surface area contributed by atoms with Gasteiger partial charge in [-0.05, 0) is 107 Å². The van der Waals surface area contributed by atoms with Crippen LogP contribution in [0.15, 0.2) is 99.2 Å². The summed E-state index contributed by atoms with van der Waals surface area (Å²) in [5.41, 5.74) is 9.17. The summed E-state index contributed by atoms with van der Waals surface area (Å²) in [6.07, 6.45) is 3.97. The van der Waals surface area contributed by atoms with Gasteiger partial charge in [0.1, 0.15) is 0 Å². The molecule has 0 radical (unpaired) electrons. The number of anilines is 2. The van der Waals surface area contributed by atoms with Gasteiger partial charge in [0, 0.05) is 39.4 Å². The van der Waals surface area contributed by atoms with Gasteiger partial charge in [-0.2, -0.15) is 0 Å². The van der Waals surface area contributed by atoms with Crippen LogP contribution in [0.2, 0.25) is 0 Å². The van der Waals surface area contributed by atoms with E-state index in [2.05, 4.69) is 69.7 Å². The lowest BCUT2D eigenvalue weighted by atomic mass is 10.3. The number of methoxy groups -OCH3 is 1. The van der Waals surface area contributed by atoms with Crippen LogP contribution in [-0.2, 0) is 4.74 Å². The van der Waals surface area contributed by atoms with Crippen molar-refractivity contribution in [1.29, 1.82) is 0 Å². The SMILES string of the molecule is COCCNC(=O)Nc1nc2ccc(Sc3nnc4ccccn34)cc2s1.Nc1nc2ccc(Sc3nnc4ccc(I)cn34)cc2s1. The van der Waals surface area contributed by atoms with Crippen molar-refractivity contribution in [2.75, 3.05) is 31.3 Å². The van der Waals surface area contributed by atoms with Crippen LogP contribution in [0.25, 0.3) is 31.7 Å². The number of carbonyl (C=O) groups excluding carboxylic acids is 1. The Morgan fingerprint density at radius 2 is 1.56 bits per heavy atom. The van der Waals surface area contributed by atoms with E-state index in [9.17, 15) is 4.79 Å². The van der Waals surface area contributed by atoms with E-state index in [4.69, 9.17) is 10.5 Å². The fraction of sp³-hybridized carbons (Fsp3) is 0.100. The van der Waals surface area contributed by atoms with Gasteiger partial charge in [-0.25, -0.2) is 14.8 Å². The number of urea groups is 1. The number of carbonyl (C=O) groups is 1. The molecule has 2 amide bonds. The first-order valence-electron chi connectivity index (χ1n) is 14.2. The van der Waals surface area contributed by atoms with Crippen LogP contribution in [0.5, 0.6) is 0 Å². The van der Waals surface area contributed by atoms with E-state index in [0.29, 0.717) is 23.4 Å². The number of rotatable bonds is 8. The van der Waals surface area contributed by atoms with E-state index in [0.717, 1.165) is 55.4 Å². The summed E-state index contributed by atoms with van der Waals surface area (Å²) < 4.78 is 12.1. The average Bonchev–Trinajstić information content (AvgIpc) is 3.86. The van der Waals surface area contributed by atoms with E-state index in [1.54, 1.807) is 18.9 Å². The van der Waals surface area contributed by atoms with Gasteiger partial charge in [0.15, 0.2) is 31.9 Å². The molecular formula is C30H24IN11O2S4. The normalized spacial score (nSPS) is 11.3. The molecule has 0 fully saturated rings. The summed E-state index contributed by atoms with van der Waals surface area (Å²) in [5, 5.41) is 25.1. The third kappa shape index (κ3) is 7.47. The molecule has 8 aromatic rings. The number of thiazole rings is 2. The number of nitrogens with two attached hydrogens (primary N) is 1. The Bertz CT molecular complexity index is 2390. The second-order valence-corrected chi connectivity index (χ2v) is 15.3. The van der Waals surface area contributed by atoms with Gasteiger partial charge in [-0.1, -0.05) is 28.7 Å². The molecule has 48 heavy (non-hydrogen) atoms. The van der Waals surface area contributed by atoms with Crippen LogP contribution < -0.4 is 16.4 Å². The number of nitrogens with zero attached hydrogens (tertiary/aromatic N) is 8. The van der Waals surface area contributed by atoms with Gasteiger partial charge in [-0.15, -0.1) is 20.4 Å². The van der Waals surface area contributed by atoms with Crippen molar-refractivity contribution in [1.82, 2.24) is 44.5 Å². The molecule has 242 valence electrons. The minimum absolute atomic E-state index is 0.296. The predicted octanol–water partition coefficient (Wildman–Crippen LogP) is 6.94. The fourth-order valence-electron chi connectivity index (χ4n) is 4.43. The van der Waals surface area contributed by atoms with Crippen molar-refractivity contribution in [2.24, 2.45) is 0 Å². The van der Waals surface area contributed by atoms with Crippen LogP contribution in [0.3, 0.4) is 0 Å². The molecular weight excluding hydrogens is 802 g/mol. The minimum atomic E-state index is -0.296. The Kier molecular flexibility index (Phi) is 9.86. The number of aromatic nitrogens is 8. The average molecular weight is 826 g/mol.